The van der Waals surface area contributed by atoms with Crippen LogP contribution >= 0.6 is 0 Å². The highest BCUT2D eigenvalue weighted by atomic mass is 16.5. The van der Waals surface area contributed by atoms with Gasteiger partial charge in [0.2, 0.25) is 0 Å². The van der Waals surface area contributed by atoms with Crippen molar-refractivity contribution in [2.75, 3.05) is 13.7 Å². The van der Waals surface area contributed by atoms with Gasteiger partial charge in [-0.25, -0.2) is 0 Å². The van der Waals surface area contributed by atoms with Crippen LogP contribution in [0, 0.1) is 0 Å². The summed E-state index contributed by atoms with van der Waals surface area (Å²) in [5, 5.41) is 0. The van der Waals surface area contributed by atoms with Crippen LogP contribution in [-0.2, 0) is 12.8 Å². The Morgan fingerprint density at radius 2 is 2.07 bits per heavy atom. The highest BCUT2D eigenvalue weighted by molar-refractivity contribution is 5.37. The Kier molecular flexibility index (Phi) is 4.47. The first-order valence-corrected chi connectivity index (χ1v) is 5.17. The van der Waals surface area contributed by atoms with E-state index >= 15 is 0 Å². The first kappa shape index (κ1) is 11.1. The SMILES string of the molecule is CCCc1ccc(OC)c(CCN)c1. The van der Waals surface area contributed by atoms with Crippen molar-refractivity contribution in [3.63, 3.8) is 0 Å². The smallest absolute Gasteiger partial charge is 0.122 e. The third-order valence-corrected chi connectivity index (χ3v) is 2.30. The van der Waals surface area contributed by atoms with E-state index in [2.05, 4.69) is 19.1 Å². The number of nitrogens with two attached hydrogens (primary N) is 1. The Bertz CT molecular complexity index is 284. The Morgan fingerprint density at radius 3 is 2.64 bits per heavy atom. The van der Waals surface area contributed by atoms with E-state index in [4.69, 9.17) is 10.5 Å². The van der Waals surface area contributed by atoms with Crippen LogP contribution in [0.25, 0.3) is 0 Å². The maximum atomic E-state index is 5.55. The van der Waals surface area contributed by atoms with Crippen LogP contribution < -0.4 is 10.5 Å². The minimum atomic E-state index is 0.673. The first-order chi connectivity index (χ1) is 6.81. The zero-order valence-corrected chi connectivity index (χ0v) is 9.05. The molecule has 78 valence electrons. The minimum absolute atomic E-state index is 0.673. The van der Waals surface area contributed by atoms with Crippen molar-refractivity contribution in [1.82, 2.24) is 0 Å². The predicted molar refractivity (Wildman–Crippen MR) is 59.7 cm³/mol. The molecule has 14 heavy (non-hydrogen) atoms. The van der Waals surface area contributed by atoms with Gasteiger partial charge in [-0.2, -0.15) is 0 Å². The average Bonchev–Trinajstić information content (AvgIpc) is 2.19. The lowest BCUT2D eigenvalue weighted by atomic mass is 10.0. The molecule has 0 bridgehead atoms. The van der Waals surface area contributed by atoms with Gasteiger partial charge in [0, 0.05) is 0 Å². The van der Waals surface area contributed by atoms with Gasteiger partial charge in [0.15, 0.2) is 0 Å². The maximum absolute atomic E-state index is 5.55. The standard InChI is InChI=1S/C12H19NO/c1-3-4-10-5-6-12(14-2)11(9-10)7-8-13/h5-6,9H,3-4,7-8,13H2,1-2H3. The third kappa shape index (κ3) is 2.74. The number of methoxy groups -OCH3 is 1. The largest absolute Gasteiger partial charge is 0.496 e. The number of rotatable bonds is 5. The molecule has 0 aliphatic carbocycles. The van der Waals surface area contributed by atoms with E-state index in [1.807, 2.05) is 6.07 Å². The van der Waals surface area contributed by atoms with Gasteiger partial charge in [0.1, 0.15) is 5.75 Å². The monoisotopic (exact) mass is 193 g/mol. The highest BCUT2D eigenvalue weighted by Crippen LogP contribution is 2.20. The molecule has 0 saturated carbocycles. The van der Waals surface area contributed by atoms with Gasteiger partial charge in [-0.1, -0.05) is 25.5 Å². The van der Waals surface area contributed by atoms with Crippen LogP contribution in [0.4, 0.5) is 0 Å². The second kappa shape index (κ2) is 5.66. The van der Waals surface area contributed by atoms with E-state index in [0.29, 0.717) is 6.54 Å². The molecule has 0 aliphatic heterocycles. The molecule has 1 rings (SSSR count). The van der Waals surface area contributed by atoms with Crippen molar-refractivity contribution in [1.29, 1.82) is 0 Å². The summed E-state index contributed by atoms with van der Waals surface area (Å²) in [4.78, 5) is 0. The molecule has 2 N–H and O–H groups in total. The summed E-state index contributed by atoms with van der Waals surface area (Å²) in [6.45, 7) is 2.86. The van der Waals surface area contributed by atoms with Crippen LogP contribution in [0.3, 0.4) is 0 Å². The van der Waals surface area contributed by atoms with Gasteiger partial charge < -0.3 is 10.5 Å². The lowest BCUT2D eigenvalue weighted by Gasteiger charge is -2.09. The van der Waals surface area contributed by atoms with E-state index in [9.17, 15) is 0 Å². The average molecular weight is 193 g/mol. The van der Waals surface area contributed by atoms with E-state index in [1.165, 1.54) is 17.5 Å². The van der Waals surface area contributed by atoms with Crippen molar-refractivity contribution >= 4 is 0 Å². The molecule has 0 spiro atoms. The summed E-state index contributed by atoms with van der Waals surface area (Å²) >= 11 is 0. The fraction of sp³-hybridized carbons (Fsp3) is 0.500. The zero-order chi connectivity index (χ0) is 10.4. The molecule has 0 amide bonds. The Morgan fingerprint density at radius 1 is 1.29 bits per heavy atom. The number of hydrogen-bond acceptors (Lipinski definition) is 2. The van der Waals surface area contributed by atoms with Gasteiger partial charge in [-0.05, 0) is 36.6 Å². The van der Waals surface area contributed by atoms with Crippen molar-refractivity contribution in [3.8, 4) is 5.75 Å². The molecule has 0 radical (unpaired) electrons. The summed E-state index contributed by atoms with van der Waals surface area (Å²) in [5.41, 5.74) is 8.15. The van der Waals surface area contributed by atoms with E-state index < -0.39 is 0 Å². The van der Waals surface area contributed by atoms with Crippen molar-refractivity contribution in [2.45, 2.75) is 26.2 Å². The lowest BCUT2D eigenvalue weighted by Crippen LogP contribution is -2.04. The van der Waals surface area contributed by atoms with E-state index in [-0.39, 0.29) is 0 Å². The van der Waals surface area contributed by atoms with Crippen LogP contribution in [0.5, 0.6) is 5.75 Å². The lowest BCUT2D eigenvalue weighted by molar-refractivity contribution is 0.409. The maximum Gasteiger partial charge on any atom is 0.122 e. The molecular formula is C12H19NO. The Hall–Kier alpha value is -1.02. The molecule has 1 aromatic rings. The topological polar surface area (TPSA) is 35.2 Å². The van der Waals surface area contributed by atoms with Gasteiger partial charge in [0.25, 0.3) is 0 Å². The number of hydrogen-bond donors (Lipinski definition) is 1. The van der Waals surface area contributed by atoms with Crippen molar-refractivity contribution in [3.05, 3.63) is 29.3 Å². The van der Waals surface area contributed by atoms with Crippen LogP contribution in [-0.4, -0.2) is 13.7 Å². The molecule has 1 aromatic carbocycles. The van der Waals surface area contributed by atoms with Crippen LogP contribution in [0.15, 0.2) is 18.2 Å². The summed E-state index contributed by atoms with van der Waals surface area (Å²) in [6, 6.07) is 6.37. The number of aryl methyl sites for hydroxylation is 1. The second-order valence-electron chi connectivity index (χ2n) is 3.43. The van der Waals surface area contributed by atoms with Gasteiger partial charge in [0.05, 0.1) is 7.11 Å². The van der Waals surface area contributed by atoms with Gasteiger partial charge in [-0.3, -0.25) is 0 Å². The predicted octanol–water partition coefficient (Wildman–Crippen LogP) is 2.15. The summed E-state index contributed by atoms with van der Waals surface area (Å²) < 4.78 is 5.28. The fourth-order valence-corrected chi connectivity index (χ4v) is 1.63. The van der Waals surface area contributed by atoms with Crippen LogP contribution in [0.2, 0.25) is 0 Å². The molecular weight excluding hydrogens is 174 g/mol. The molecule has 0 heterocycles. The number of ether oxygens (including phenoxy) is 1. The van der Waals surface area contributed by atoms with Crippen molar-refractivity contribution < 1.29 is 4.74 Å². The van der Waals surface area contributed by atoms with Crippen molar-refractivity contribution in [2.24, 2.45) is 5.73 Å². The first-order valence-electron chi connectivity index (χ1n) is 5.17. The highest BCUT2D eigenvalue weighted by Gasteiger charge is 2.02. The molecule has 0 fully saturated rings. The summed E-state index contributed by atoms with van der Waals surface area (Å²) in [7, 11) is 1.70. The second-order valence-corrected chi connectivity index (χ2v) is 3.43. The molecule has 0 atom stereocenters. The minimum Gasteiger partial charge on any atom is -0.496 e. The molecule has 2 heteroatoms. The summed E-state index contributed by atoms with van der Waals surface area (Å²) in [6.07, 6.45) is 3.19. The third-order valence-electron chi connectivity index (χ3n) is 2.30. The summed E-state index contributed by atoms with van der Waals surface area (Å²) in [5.74, 6) is 0.954. The van der Waals surface area contributed by atoms with E-state index in [0.717, 1.165) is 18.6 Å². The van der Waals surface area contributed by atoms with Gasteiger partial charge >= 0.3 is 0 Å². The fourth-order valence-electron chi connectivity index (χ4n) is 1.63. The van der Waals surface area contributed by atoms with E-state index in [1.54, 1.807) is 7.11 Å². The van der Waals surface area contributed by atoms with Gasteiger partial charge in [-0.15, -0.1) is 0 Å². The Balaban J connectivity index is 2.88. The normalized spacial score (nSPS) is 10.2. The quantitative estimate of drug-likeness (QED) is 0.777. The molecule has 2 nitrogen and oxygen atoms in total. The molecule has 0 aliphatic rings. The molecule has 0 unspecified atom stereocenters. The zero-order valence-electron chi connectivity index (χ0n) is 9.05. The van der Waals surface area contributed by atoms with Crippen LogP contribution in [0.1, 0.15) is 24.5 Å². The Labute approximate surface area is 86.1 Å². The molecule has 0 saturated heterocycles. The molecule has 0 aromatic heterocycles. The number of benzene rings is 1.